The van der Waals surface area contributed by atoms with Crippen LogP contribution in [-0.2, 0) is 16.1 Å². The van der Waals surface area contributed by atoms with E-state index < -0.39 is 0 Å². The quantitative estimate of drug-likeness (QED) is 0.770. The van der Waals surface area contributed by atoms with Crippen LogP contribution in [0.1, 0.15) is 28.8 Å². The van der Waals surface area contributed by atoms with Crippen LogP contribution in [0.3, 0.4) is 0 Å². The minimum atomic E-state index is -0.353. The summed E-state index contributed by atoms with van der Waals surface area (Å²) in [5, 5.41) is 3.56. The first kappa shape index (κ1) is 21.2. The molecule has 3 amide bonds. The van der Waals surface area contributed by atoms with Gasteiger partial charge in [0.2, 0.25) is 5.91 Å². The molecule has 0 spiro atoms. The fourth-order valence-electron chi connectivity index (χ4n) is 3.95. The minimum absolute atomic E-state index is 0.0698. The van der Waals surface area contributed by atoms with Crippen molar-refractivity contribution in [2.75, 3.05) is 31.1 Å². The molecule has 1 N–H and O–H groups in total. The van der Waals surface area contributed by atoms with Crippen molar-refractivity contribution in [3.63, 3.8) is 0 Å². The number of carbonyl (C=O) groups is 3. The number of amides is 3. The van der Waals surface area contributed by atoms with Gasteiger partial charge in [0.1, 0.15) is 6.61 Å². The number of halogens is 1. The highest BCUT2D eigenvalue weighted by Crippen LogP contribution is 2.22. The highest BCUT2D eigenvalue weighted by atomic mass is 35.5. The molecule has 0 aliphatic carbocycles. The van der Waals surface area contributed by atoms with E-state index in [2.05, 4.69) is 5.32 Å². The van der Waals surface area contributed by atoms with Gasteiger partial charge < -0.3 is 15.0 Å². The van der Waals surface area contributed by atoms with E-state index in [9.17, 15) is 14.4 Å². The maximum absolute atomic E-state index is 12.8. The normalized spacial score (nSPS) is 18.6. The highest BCUT2D eigenvalue weighted by molar-refractivity contribution is 6.30. The summed E-state index contributed by atoms with van der Waals surface area (Å²) in [6, 6.07) is 14.3. The Balaban J connectivity index is 1.34. The van der Waals surface area contributed by atoms with Gasteiger partial charge in [0.05, 0.1) is 12.5 Å². The highest BCUT2D eigenvalue weighted by Gasteiger charge is 2.29. The van der Waals surface area contributed by atoms with Crippen LogP contribution in [0.2, 0.25) is 5.02 Å². The lowest BCUT2D eigenvalue weighted by atomic mass is 9.96. The van der Waals surface area contributed by atoms with Gasteiger partial charge in [-0.05, 0) is 54.8 Å². The average Bonchev–Trinajstić information content (AvgIpc) is 3.23. The maximum atomic E-state index is 12.8. The van der Waals surface area contributed by atoms with E-state index in [-0.39, 0.29) is 23.8 Å². The first-order valence-corrected chi connectivity index (χ1v) is 10.7. The van der Waals surface area contributed by atoms with Crippen molar-refractivity contribution in [3.8, 4) is 0 Å². The van der Waals surface area contributed by atoms with Crippen LogP contribution in [0.4, 0.5) is 10.5 Å². The third-order valence-corrected chi connectivity index (χ3v) is 5.87. The number of ether oxygens (including phenoxy) is 1. The van der Waals surface area contributed by atoms with E-state index in [0.29, 0.717) is 43.4 Å². The third-order valence-electron chi connectivity index (χ3n) is 5.62. The monoisotopic (exact) mass is 441 g/mol. The number of likely N-dealkylation sites (tertiary alicyclic amines) is 1. The Kier molecular flexibility index (Phi) is 6.42. The molecule has 31 heavy (non-hydrogen) atoms. The van der Waals surface area contributed by atoms with Crippen LogP contribution >= 0.6 is 11.6 Å². The third kappa shape index (κ3) is 4.99. The van der Waals surface area contributed by atoms with Crippen LogP contribution in [0.15, 0.2) is 48.5 Å². The Hall–Kier alpha value is -3.06. The van der Waals surface area contributed by atoms with Crippen molar-refractivity contribution in [3.05, 3.63) is 64.7 Å². The van der Waals surface area contributed by atoms with E-state index in [4.69, 9.17) is 16.3 Å². The maximum Gasteiger partial charge on any atom is 0.414 e. The topological polar surface area (TPSA) is 79.0 Å². The van der Waals surface area contributed by atoms with Crippen molar-refractivity contribution in [2.24, 2.45) is 5.92 Å². The number of piperidine rings is 1. The molecule has 2 saturated heterocycles. The minimum Gasteiger partial charge on any atom is -0.447 e. The van der Waals surface area contributed by atoms with Crippen molar-refractivity contribution < 1.29 is 19.1 Å². The molecule has 2 aliphatic heterocycles. The number of anilines is 1. The van der Waals surface area contributed by atoms with Crippen LogP contribution in [0.25, 0.3) is 0 Å². The zero-order chi connectivity index (χ0) is 21.8. The zero-order valence-electron chi connectivity index (χ0n) is 17.1. The predicted molar refractivity (Wildman–Crippen MR) is 117 cm³/mol. The second kappa shape index (κ2) is 9.39. The first-order chi connectivity index (χ1) is 15.0. The summed E-state index contributed by atoms with van der Waals surface area (Å²) >= 11 is 5.90. The summed E-state index contributed by atoms with van der Waals surface area (Å²) in [6.45, 7) is 2.30. The van der Waals surface area contributed by atoms with E-state index in [1.165, 1.54) is 0 Å². The summed E-state index contributed by atoms with van der Waals surface area (Å²) in [5.41, 5.74) is 2.23. The van der Waals surface area contributed by atoms with E-state index in [1.807, 2.05) is 24.3 Å². The first-order valence-electron chi connectivity index (χ1n) is 10.4. The van der Waals surface area contributed by atoms with Gasteiger partial charge in [0.15, 0.2) is 0 Å². The smallest absolute Gasteiger partial charge is 0.414 e. The summed E-state index contributed by atoms with van der Waals surface area (Å²) in [5.74, 6) is -0.402. The van der Waals surface area contributed by atoms with Crippen molar-refractivity contribution in [1.82, 2.24) is 10.2 Å². The fourth-order valence-corrected chi connectivity index (χ4v) is 4.07. The lowest BCUT2D eigenvalue weighted by Crippen LogP contribution is -2.45. The number of hydrogen-bond acceptors (Lipinski definition) is 4. The van der Waals surface area contributed by atoms with Crippen molar-refractivity contribution >= 4 is 35.2 Å². The standard InChI is InChI=1S/C23H24ClN3O4/c24-19-8-6-17(7-9-19)22(29)26-10-2-4-18(15-26)21(28)25-14-16-3-1-5-20(13-16)27-11-12-31-23(27)30/h1,3,5-9,13,18H,2,4,10-12,14-15H2,(H,25,28). The van der Waals surface area contributed by atoms with Gasteiger partial charge in [-0.1, -0.05) is 23.7 Å². The van der Waals surface area contributed by atoms with Crippen LogP contribution in [0, 0.1) is 5.92 Å². The molecular weight excluding hydrogens is 418 g/mol. The molecule has 2 heterocycles. The molecule has 2 aromatic carbocycles. The molecule has 4 rings (SSSR count). The van der Waals surface area contributed by atoms with E-state index in [0.717, 1.165) is 24.1 Å². The molecule has 0 aromatic heterocycles. The Bertz CT molecular complexity index is 979. The van der Waals surface area contributed by atoms with Gasteiger partial charge in [-0.15, -0.1) is 0 Å². The molecule has 2 fully saturated rings. The van der Waals surface area contributed by atoms with Gasteiger partial charge in [-0.2, -0.15) is 0 Å². The molecule has 0 saturated carbocycles. The van der Waals surface area contributed by atoms with Gasteiger partial charge in [-0.25, -0.2) is 4.79 Å². The van der Waals surface area contributed by atoms with Crippen molar-refractivity contribution in [2.45, 2.75) is 19.4 Å². The number of hydrogen-bond donors (Lipinski definition) is 1. The molecule has 2 aliphatic rings. The van der Waals surface area contributed by atoms with Crippen LogP contribution in [-0.4, -0.2) is 49.0 Å². The van der Waals surface area contributed by atoms with Crippen LogP contribution in [0.5, 0.6) is 0 Å². The predicted octanol–water partition coefficient (Wildman–Crippen LogP) is 3.47. The van der Waals surface area contributed by atoms with E-state index in [1.54, 1.807) is 34.1 Å². The Morgan fingerprint density at radius 1 is 1.13 bits per heavy atom. The number of nitrogens with one attached hydrogen (secondary N) is 1. The lowest BCUT2D eigenvalue weighted by molar-refractivity contribution is -0.126. The summed E-state index contributed by atoms with van der Waals surface area (Å²) < 4.78 is 4.98. The van der Waals surface area contributed by atoms with Gasteiger partial charge in [0, 0.05) is 35.9 Å². The Labute approximate surface area is 185 Å². The molecule has 1 unspecified atom stereocenters. The number of carbonyl (C=O) groups excluding carboxylic acids is 3. The molecule has 1 atom stereocenters. The molecule has 162 valence electrons. The largest absolute Gasteiger partial charge is 0.447 e. The number of benzene rings is 2. The summed E-state index contributed by atoms with van der Waals surface area (Å²) in [7, 11) is 0. The second-order valence-corrected chi connectivity index (χ2v) is 8.19. The second-order valence-electron chi connectivity index (χ2n) is 7.75. The molecule has 7 nitrogen and oxygen atoms in total. The fraction of sp³-hybridized carbons (Fsp3) is 0.348. The lowest BCUT2D eigenvalue weighted by Gasteiger charge is -2.32. The summed E-state index contributed by atoms with van der Waals surface area (Å²) in [6.07, 6.45) is 1.17. The summed E-state index contributed by atoms with van der Waals surface area (Å²) in [4.78, 5) is 40.6. The Morgan fingerprint density at radius 2 is 1.94 bits per heavy atom. The zero-order valence-corrected chi connectivity index (χ0v) is 17.8. The van der Waals surface area contributed by atoms with Gasteiger partial charge >= 0.3 is 6.09 Å². The number of cyclic esters (lactones) is 1. The molecule has 8 heteroatoms. The SMILES string of the molecule is O=C(NCc1cccc(N2CCOC2=O)c1)C1CCCN(C(=O)c2ccc(Cl)cc2)C1. The van der Waals surface area contributed by atoms with Gasteiger partial charge in [-0.3, -0.25) is 14.5 Å². The van der Waals surface area contributed by atoms with Crippen molar-refractivity contribution in [1.29, 1.82) is 0 Å². The van der Waals surface area contributed by atoms with E-state index >= 15 is 0 Å². The molecule has 0 bridgehead atoms. The number of rotatable bonds is 5. The molecule has 0 radical (unpaired) electrons. The number of nitrogens with zero attached hydrogens (tertiary/aromatic N) is 2. The average molecular weight is 442 g/mol. The molecular formula is C23H24ClN3O4. The van der Waals surface area contributed by atoms with Gasteiger partial charge in [0.25, 0.3) is 5.91 Å². The van der Waals surface area contributed by atoms with Crippen LogP contribution < -0.4 is 10.2 Å². The molecule has 2 aromatic rings. The Morgan fingerprint density at radius 3 is 2.68 bits per heavy atom.